The molecule has 5 nitrogen and oxygen atoms in total. The summed E-state index contributed by atoms with van der Waals surface area (Å²) in [5.74, 6) is -0.108. The fourth-order valence-electron chi connectivity index (χ4n) is 3.73. The highest BCUT2D eigenvalue weighted by Crippen LogP contribution is 2.33. The second-order valence-electron chi connectivity index (χ2n) is 5.89. The number of hydrogen-bond donors (Lipinski definition) is 2. The predicted molar refractivity (Wildman–Crippen MR) is 63.7 cm³/mol. The summed E-state index contributed by atoms with van der Waals surface area (Å²) in [6, 6.07) is 0.568. The molecule has 3 saturated heterocycles. The highest BCUT2D eigenvalue weighted by molar-refractivity contribution is 5.79. The summed E-state index contributed by atoms with van der Waals surface area (Å²) < 4.78 is 0. The number of aliphatic carboxylic acids is 1. The molecular weight excluding hydrogens is 218 g/mol. The lowest BCUT2D eigenvalue weighted by atomic mass is 9.92. The van der Waals surface area contributed by atoms with Crippen LogP contribution in [0.15, 0.2) is 0 Å². The summed E-state index contributed by atoms with van der Waals surface area (Å²) >= 11 is 0. The third-order valence-electron chi connectivity index (χ3n) is 4.82. The third kappa shape index (κ3) is 1.86. The number of likely N-dealkylation sites (tertiary alicyclic amines) is 1. The van der Waals surface area contributed by atoms with Crippen LogP contribution in [0.4, 0.5) is 0 Å². The fraction of sp³-hybridized carbons (Fsp3) is 0.917. The Morgan fingerprint density at radius 1 is 1.29 bits per heavy atom. The van der Waals surface area contributed by atoms with Gasteiger partial charge in [0.05, 0.1) is 0 Å². The molecule has 0 aliphatic carbocycles. The van der Waals surface area contributed by atoms with Crippen molar-refractivity contribution in [2.75, 3.05) is 32.7 Å². The molecular formula is C12H21N3O2. The molecule has 0 spiro atoms. The Labute approximate surface area is 102 Å². The maximum Gasteiger partial charge on any atom is 0.325 e. The summed E-state index contributed by atoms with van der Waals surface area (Å²) in [5, 5.41) is 9.16. The van der Waals surface area contributed by atoms with Gasteiger partial charge in [-0.2, -0.15) is 0 Å². The lowest BCUT2D eigenvalue weighted by Gasteiger charge is -2.37. The van der Waals surface area contributed by atoms with Gasteiger partial charge in [0, 0.05) is 25.7 Å². The van der Waals surface area contributed by atoms with Gasteiger partial charge in [0.1, 0.15) is 5.54 Å². The van der Waals surface area contributed by atoms with Crippen LogP contribution in [0.25, 0.3) is 0 Å². The van der Waals surface area contributed by atoms with Gasteiger partial charge in [-0.05, 0) is 38.3 Å². The van der Waals surface area contributed by atoms with Crippen molar-refractivity contribution >= 4 is 5.97 Å². The second-order valence-corrected chi connectivity index (χ2v) is 5.89. The van der Waals surface area contributed by atoms with E-state index in [4.69, 9.17) is 10.8 Å². The molecule has 3 rings (SSSR count). The van der Waals surface area contributed by atoms with Crippen molar-refractivity contribution in [3.8, 4) is 0 Å². The number of carbonyl (C=O) groups is 1. The first-order chi connectivity index (χ1) is 8.08. The lowest BCUT2D eigenvalue weighted by molar-refractivity contribution is -0.142. The average Bonchev–Trinajstić information content (AvgIpc) is 2.86. The van der Waals surface area contributed by atoms with E-state index in [2.05, 4.69) is 9.80 Å². The summed E-state index contributed by atoms with van der Waals surface area (Å²) in [5.41, 5.74) is 4.94. The van der Waals surface area contributed by atoms with Crippen LogP contribution < -0.4 is 5.73 Å². The SMILES string of the molecule is NC1(C(=O)O)CCN(C2CCN3CCC2C3)C1. The maximum absolute atomic E-state index is 11.2. The summed E-state index contributed by atoms with van der Waals surface area (Å²) in [6.45, 7) is 4.98. The molecule has 4 unspecified atom stereocenters. The lowest BCUT2D eigenvalue weighted by Crippen LogP contribution is -2.53. The largest absolute Gasteiger partial charge is 0.480 e. The van der Waals surface area contributed by atoms with E-state index in [1.807, 2.05) is 0 Å². The molecule has 3 fully saturated rings. The van der Waals surface area contributed by atoms with E-state index < -0.39 is 11.5 Å². The minimum Gasteiger partial charge on any atom is -0.480 e. The Kier molecular flexibility index (Phi) is 2.65. The number of nitrogens with two attached hydrogens (primary N) is 1. The van der Waals surface area contributed by atoms with Crippen LogP contribution in [0, 0.1) is 5.92 Å². The Morgan fingerprint density at radius 3 is 2.76 bits per heavy atom. The third-order valence-corrected chi connectivity index (χ3v) is 4.82. The molecule has 96 valence electrons. The number of hydrogen-bond acceptors (Lipinski definition) is 4. The summed E-state index contributed by atoms with van der Waals surface area (Å²) in [4.78, 5) is 16.0. The van der Waals surface area contributed by atoms with Gasteiger partial charge in [0.25, 0.3) is 0 Å². The molecule has 0 radical (unpaired) electrons. The number of carboxylic acids is 1. The number of fused-ring (bicyclic) bond motifs is 2. The van der Waals surface area contributed by atoms with E-state index in [1.54, 1.807) is 0 Å². The molecule has 3 aliphatic heterocycles. The van der Waals surface area contributed by atoms with E-state index >= 15 is 0 Å². The standard InChI is InChI=1S/C12H21N3O2/c13-12(11(16)17)3-6-15(8-12)10-2-5-14-4-1-9(10)7-14/h9-10H,1-8,13H2,(H,16,17). The van der Waals surface area contributed by atoms with Crippen molar-refractivity contribution in [3.63, 3.8) is 0 Å². The first-order valence-corrected chi connectivity index (χ1v) is 6.57. The number of carboxylic acid groups (broad SMARTS) is 1. The van der Waals surface area contributed by atoms with Crippen molar-refractivity contribution in [2.45, 2.75) is 30.8 Å². The zero-order valence-electron chi connectivity index (χ0n) is 10.1. The van der Waals surface area contributed by atoms with Gasteiger partial charge in [-0.3, -0.25) is 9.69 Å². The maximum atomic E-state index is 11.2. The highest BCUT2D eigenvalue weighted by Gasteiger charge is 2.46. The zero-order chi connectivity index (χ0) is 12.0. The Bertz CT molecular complexity index is 336. The van der Waals surface area contributed by atoms with Gasteiger partial charge in [-0.15, -0.1) is 0 Å². The van der Waals surface area contributed by atoms with Crippen LogP contribution in [-0.4, -0.2) is 65.2 Å². The molecule has 0 aromatic rings. The van der Waals surface area contributed by atoms with Crippen LogP contribution >= 0.6 is 0 Å². The van der Waals surface area contributed by atoms with Crippen LogP contribution in [0.2, 0.25) is 0 Å². The molecule has 0 aromatic carbocycles. The first kappa shape index (κ1) is 11.4. The molecule has 2 bridgehead atoms. The number of nitrogens with zero attached hydrogens (tertiary/aromatic N) is 2. The van der Waals surface area contributed by atoms with Gasteiger partial charge >= 0.3 is 5.97 Å². The summed E-state index contributed by atoms with van der Waals surface area (Å²) in [6.07, 6.45) is 3.04. The molecule has 3 aliphatic rings. The fourth-order valence-corrected chi connectivity index (χ4v) is 3.73. The minimum atomic E-state index is -1.00. The van der Waals surface area contributed by atoms with Gasteiger partial charge < -0.3 is 15.7 Å². The molecule has 17 heavy (non-hydrogen) atoms. The van der Waals surface area contributed by atoms with Gasteiger partial charge in [0.15, 0.2) is 0 Å². The Balaban J connectivity index is 1.68. The Morgan fingerprint density at radius 2 is 2.06 bits per heavy atom. The second kappa shape index (κ2) is 3.93. The molecule has 0 aromatic heterocycles. The van der Waals surface area contributed by atoms with E-state index in [1.165, 1.54) is 32.5 Å². The average molecular weight is 239 g/mol. The Hall–Kier alpha value is -0.650. The van der Waals surface area contributed by atoms with Gasteiger partial charge in [-0.25, -0.2) is 0 Å². The molecule has 3 heterocycles. The van der Waals surface area contributed by atoms with E-state index in [-0.39, 0.29) is 0 Å². The summed E-state index contributed by atoms with van der Waals surface area (Å²) in [7, 11) is 0. The quantitative estimate of drug-likeness (QED) is 0.684. The van der Waals surface area contributed by atoms with E-state index in [9.17, 15) is 4.79 Å². The van der Waals surface area contributed by atoms with E-state index in [0.717, 1.165) is 12.5 Å². The predicted octanol–water partition coefficient (Wildman–Crippen LogP) is -0.432. The van der Waals surface area contributed by atoms with Crippen LogP contribution in [0.3, 0.4) is 0 Å². The van der Waals surface area contributed by atoms with Crippen molar-refractivity contribution < 1.29 is 9.90 Å². The van der Waals surface area contributed by atoms with Crippen molar-refractivity contribution in [1.29, 1.82) is 0 Å². The van der Waals surface area contributed by atoms with E-state index in [0.29, 0.717) is 19.0 Å². The number of rotatable bonds is 2. The number of piperidine rings is 1. The molecule has 3 N–H and O–H groups in total. The normalized spacial score (nSPS) is 46.3. The smallest absolute Gasteiger partial charge is 0.325 e. The topological polar surface area (TPSA) is 69.8 Å². The van der Waals surface area contributed by atoms with Crippen molar-refractivity contribution in [2.24, 2.45) is 11.7 Å². The molecule has 5 heteroatoms. The van der Waals surface area contributed by atoms with Crippen LogP contribution in [0.1, 0.15) is 19.3 Å². The molecule has 0 saturated carbocycles. The van der Waals surface area contributed by atoms with Gasteiger partial charge in [0.2, 0.25) is 0 Å². The van der Waals surface area contributed by atoms with Crippen molar-refractivity contribution in [3.05, 3.63) is 0 Å². The van der Waals surface area contributed by atoms with Gasteiger partial charge in [-0.1, -0.05) is 0 Å². The van der Waals surface area contributed by atoms with Crippen LogP contribution in [0.5, 0.6) is 0 Å². The molecule has 4 atom stereocenters. The minimum absolute atomic E-state index is 0.531. The van der Waals surface area contributed by atoms with Crippen LogP contribution in [-0.2, 0) is 4.79 Å². The highest BCUT2D eigenvalue weighted by atomic mass is 16.4. The first-order valence-electron chi connectivity index (χ1n) is 6.57. The molecule has 0 amide bonds. The van der Waals surface area contributed by atoms with Crippen molar-refractivity contribution in [1.82, 2.24) is 9.80 Å². The zero-order valence-corrected chi connectivity index (χ0v) is 10.1. The monoisotopic (exact) mass is 239 g/mol.